The molecule has 7 nitrogen and oxygen atoms in total. The number of rotatable bonds is 10. The third kappa shape index (κ3) is 6.24. The number of benzene rings is 2. The average Bonchev–Trinajstić information content (AvgIpc) is 3.23. The lowest BCUT2D eigenvalue weighted by molar-refractivity contribution is -0.141. The van der Waals surface area contributed by atoms with Gasteiger partial charge in [0.05, 0.1) is 37.6 Å². The van der Waals surface area contributed by atoms with Crippen molar-refractivity contribution >= 4 is 17.6 Å². The number of nitrogens with one attached hydrogen (secondary N) is 1. The van der Waals surface area contributed by atoms with Gasteiger partial charge in [0.25, 0.3) is 0 Å². The molecule has 1 heterocycles. The van der Waals surface area contributed by atoms with Crippen LogP contribution in [0.1, 0.15) is 63.3 Å². The van der Waals surface area contributed by atoms with Crippen LogP contribution in [0.15, 0.2) is 48.5 Å². The molecule has 1 N–H and O–H groups in total. The summed E-state index contributed by atoms with van der Waals surface area (Å²) >= 11 is 0. The van der Waals surface area contributed by atoms with Crippen molar-refractivity contribution in [3.63, 3.8) is 0 Å². The van der Waals surface area contributed by atoms with Gasteiger partial charge in [-0.1, -0.05) is 37.6 Å². The first-order chi connectivity index (χ1) is 17.2. The van der Waals surface area contributed by atoms with Gasteiger partial charge in [-0.15, -0.1) is 0 Å². The molecule has 3 rings (SSSR count). The standard InChI is InChI=1S/C26H28F3N3O4/c1-4-5-10-22-31-23(26(27,28)29)21(15-30-20-9-7-6-8-19(20)25(34)36-3)32(22)16-17-11-13-18(14-12-17)24(33)35-2/h6-9,11-14,30H,4-5,10,15-16H2,1-3H3. The Kier molecular flexibility index (Phi) is 8.73. The smallest absolute Gasteiger partial charge is 0.435 e. The second-order valence-electron chi connectivity index (χ2n) is 8.09. The van der Waals surface area contributed by atoms with E-state index in [4.69, 9.17) is 9.47 Å². The van der Waals surface area contributed by atoms with E-state index in [-0.39, 0.29) is 24.3 Å². The van der Waals surface area contributed by atoms with Crippen LogP contribution in [0, 0.1) is 0 Å². The van der Waals surface area contributed by atoms with Crippen LogP contribution in [0.3, 0.4) is 0 Å². The zero-order valence-corrected chi connectivity index (χ0v) is 20.3. The van der Waals surface area contributed by atoms with Crippen molar-refractivity contribution in [2.75, 3.05) is 19.5 Å². The fraction of sp³-hybridized carbons (Fsp3) is 0.346. The van der Waals surface area contributed by atoms with Crippen LogP contribution >= 0.6 is 0 Å². The van der Waals surface area contributed by atoms with Gasteiger partial charge in [-0.2, -0.15) is 13.2 Å². The van der Waals surface area contributed by atoms with E-state index < -0.39 is 23.8 Å². The predicted octanol–water partition coefficient (Wildman–Crippen LogP) is 5.48. The second kappa shape index (κ2) is 11.7. The zero-order valence-electron chi connectivity index (χ0n) is 20.3. The number of unbranched alkanes of at least 4 members (excludes halogenated alkanes) is 1. The van der Waals surface area contributed by atoms with Crippen LogP contribution < -0.4 is 5.32 Å². The molecule has 0 aliphatic heterocycles. The van der Waals surface area contributed by atoms with Crippen molar-refractivity contribution in [1.29, 1.82) is 0 Å². The Balaban J connectivity index is 2.02. The number of anilines is 1. The molecular formula is C26H28F3N3O4. The normalized spacial score (nSPS) is 11.3. The molecule has 192 valence electrons. The van der Waals surface area contributed by atoms with Crippen molar-refractivity contribution in [3.8, 4) is 0 Å². The number of ether oxygens (including phenoxy) is 2. The van der Waals surface area contributed by atoms with Gasteiger partial charge in [-0.3, -0.25) is 0 Å². The molecule has 0 saturated carbocycles. The van der Waals surface area contributed by atoms with Gasteiger partial charge in [-0.25, -0.2) is 14.6 Å². The van der Waals surface area contributed by atoms with Crippen molar-refractivity contribution in [1.82, 2.24) is 9.55 Å². The van der Waals surface area contributed by atoms with Gasteiger partial charge in [0.2, 0.25) is 0 Å². The number of para-hydroxylation sites is 1. The summed E-state index contributed by atoms with van der Waals surface area (Å²) in [7, 11) is 2.51. The van der Waals surface area contributed by atoms with E-state index in [1.165, 1.54) is 20.3 Å². The van der Waals surface area contributed by atoms with Crippen molar-refractivity contribution in [2.45, 2.75) is 45.5 Å². The molecule has 2 aromatic carbocycles. The number of hydrogen-bond acceptors (Lipinski definition) is 6. The Morgan fingerprint density at radius 3 is 2.28 bits per heavy atom. The van der Waals surface area contributed by atoms with E-state index in [0.29, 0.717) is 35.5 Å². The number of nitrogens with zero attached hydrogens (tertiary/aromatic N) is 2. The summed E-state index contributed by atoms with van der Waals surface area (Å²) < 4.78 is 53.2. The van der Waals surface area contributed by atoms with Gasteiger partial charge < -0.3 is 19.4 Å². The molecule has 0 aliphatic carbocycles. The fourth-order valence-corrected chi connectivity index (χ4v) is 3.81. The molecule has 3 aromatic rings. The molecule has 0 spiro atoms. The highest BCUT2D eigenvalue weighted by atomic mass is 19.4. The highest BCUT2D eigenvalue weighted by molar-refractivity contribution is 5.95. The third-order valence-corrected chi connectivity index (χ3v) is 5.67. The van der Waals surface area contributed by atoms with E-state index in [2.05, 4.69) is 10.3 Å². The Morgan fingerprint density at radius 2 is 1.67 bits per heavy atom. The molecular weight excluding hydrogens is 475 g/mol. The molecule has 1 aromatic heterocycles. The van der Waals surface area contributed by atoms with Gasteiger partial charge in [0.15, 0.2) is 5.69 Å². The number of carbonyl (C=O) groups is 2. The van der Waals surface area contributed by atoms with Crippen LogP contribution in [0.25, 0.3) is 0 Å². The Labute approximate surface area is 207 Å². The number of alkyl halides is 3. The SMILES string of the molecule is CCCCc1nc(C(F)(F)F)c(CNc2ccccc2C(=O)OC)n1Cc1ccc(C(=O)OC)cc1. The summed E-state index contributed by atoms with van der Waals surface area (Å²) in [6, 6.07) is 12.9. The van der Waals surface area contributed by atoms with Crippen LogP contribution in [-0.4, -0.2) is 35.7 Å². The average molecular weight is 504 g/mol. The highest BCUT2D eigenvalue weighted by Crippen LogP contribution is 2.33. The van der Waals surface area contributed by atoms with Gasteiger partial charge in [0, 0.05) is 18.7 Å². The molecule has 0 radical (unpaired) electrons. The minimum absolute atomic E-state index is 0.0506. The number of aryl methyl sites for hydroxylation is 1. The van der Waals surface area contributed by atoms with Crippen LogP contribution in [0.2, 0.25) is 0 Å². The largest absolute Gasteiger partial charge is 0.465 e. The molecule has 0 amide bonds. The lowest BCUT2D eigenvalue weighted by Crippen LogP contribution is -2.17. The molecule has 0 fully saturated rings. The van der Waals surface area contributed by atoms with Gasteiger partial charge in [0.1, 0.15) is 5.82 Å². The quantitative estimate of drug-likeness (QED) is 0.369. The maximum atomic E-state index is 14.0. The van der Waals surface area contributed by atoms with Crippen molar-refractivity contribution in [2.24, 2.45) is 0 Å². The Bertz CT molecular complexity index is 1200. The minimum Gasteiger partial charge on any atom is -0.465 e. The number of methoxy groups -OCH3 is 2. The number of hydrogen-bond donors (Lipinski definition) is 1. The summed E-state index contributed by atoms with van der Waals surface area (Å²) in [5, 5.41) is 2.96. The Morgan fingerprint density at radius 1 is 1.00 bits per heavy atom. The van der Waals surface area contributed by atoms with Gasteiger partial charge >= 0.3 is 18.1 Å². The molecule has 0 saturated heterocycles. The summed E-state index contributed by atoms with van der Waals surface area (Å²) in [4.78, 5) is 27.8. The Hall–Kier alpha value is -3.82. The van der Waals surface area contributed by atoms with Crippen molar-refractivity contribution in [3.05, 3.63) is 82.4 Å². The van der Waals surface area contributed by atoms with E-state index in [1.807, 2.05) is 6.92 Å². The first kappa shape index (κ1) is 26.8. The lowest BCUT2D eigenvalue weighted by Gasteiger charge is -2.16. The zero-order chi connectivity index (χ0) is 26.3. The predicted molar refractivity (Wildman–Crippen MR) is 128 cm³/mol. The summed E-state index contributed by atoms with van der Waals surface area (Å²) in [6.07, 6.45) is -2.83. The van der Waals surface area contributed by atoms with Crippen LogP contribution in [-0.2, 0) is 35.2 Å². The second-order valence-corrected chi connectivity index (χ2v) is 8.09. The van der Waals surface area contributed by atoms with Crippen LogP contribution in [0.4, 0.5) is 18.9 Å². The molecule has 36 heavy (non-hydrogen) atoms. The first-order valence-corrected chi connectivity index (χ1v) is 11.4. The summed E-state index contributed by atoms with van der Waals surface area (Å²) in [6.45, 7) is 1.86. The molecule has 0 atom stereocenters. The van der Waals surface area contributed by atoms with E-state index in [9.17, 15) is 22.8 Å². The van der Waals surface area contributed by atoms with E-state index in [0.717, 1.165) is 6.42 Å². The number of imidazole rings is 1. The summed E-state index contributed by atoms with van der Waals surface area (Å²) in [5.74, 6) is -0.780. The molecule has 0 aliphatic rings. The van der Waals surface area contributed by atoms with Crippen LogP contribution in [0.5, 0.6) is 0 Å². The number of carbonyl (C=O) groups excluding carboxylic acids is 2. The lowest BCUT2D eigenvalue weighted by atomic mass is 10.1. The van der Waals surface area contributed by atoms with Crippen molar-refractivity contribution < 1.29 is 32.2 Å². The topological polar surface area (TPSA) is 82.5 Å². The van der Waals surface area contributed by atoms with E-state index >= 15 is 0 Å². The molecule has 0 unspecified atom stereocenters. The summed E-state index contributed by atoms with van der Waals surface area (Å²) in [5.41, 5.74) is 0.582. The van der Waals surface area contributed by atoms with E-state index in [1.54, 1.807) is 47.0 Å². The number of aromatic nitrogens is 2. The maximum Gasteiger partial charge on any atom is 0.435 e. The monoisotopic (exact) mass is 503 g/mol. The first-order valence-electron chi connectivity index (χ1n) is 11.4. The maximum absolute atomic E-state index is 14.0. The van der Waals surface area contributed by atoms with Gasteiger partial charge in [-0.05, 0) is 36.2 Å². The fourth-order valence-electron chi connectivity index (χ4n) is 3.81. The highest BCUT2D eigenvalue weighted by Gasteiger charge is 2.38. The minimum atomic E-state index is -4.67. The third-order valence-electron chi connectivity index (χ3n) is 5.67. The number of esters is 2. The number of halogens is 3. The molecule has 0 bridgehead atoms. The molecule has 10 heteroatoms.